The third kappa shape index (κ3) is 6.06. The number of aromatic amines is 1. The smallest absolute Gasteiger partial charge is 0.236 e. The molecule has 1 N–H and O–H groups in total. The van der Waals surface area contributed by atoms with E-state index < -0.39 is 5.41 Å². The van der Waals surface area contributed by atoms with E-state index in [1.54, 1.807) is 17.2 Å². The lowest BCUT2D eigenvalue weighted by Gasteiger charge is -2.37. The van der Waals surface area contributed by atoms with Crippen molar-refractivity contribution >= 4 is 34.1 Å². The summed E-state index contributed by atoms with van der Waals surface area (Å²) < 4.78 is 7.40. The van der Waals surface area contributed by atoms with Crippen LogP contribution in [0.15, 0.2) is 67.1 Å². The number of benzene rings is 2. The minimum atomic E-state index is -0.458. The molecule has 0 bridgehead atoms. The Kier molecular flexibility index (Phi) is 8.22. The molecule has 13 nitrogen and oxygen atoms in total. The van der Waals surface area contributed by atoms with Gasteiger partial charge < -0.3 is 19.4 Å². The summed E-state index contributed by atoms with van der Waals surface area (Å²) in [6.45, 7) is 9.22. The van der Waals surface area contributed by atoms with Crippen molar-refractivity contribution < 1.29 is 14.3 Å². The van der Waals surface area contributed by atoms with E-state index in [1.807, 2.05) is 73.2 Å². The average molecular weight is 675 g/mol. The highest BCUT2D eigenvalue weighted by Crippen LogP contribution is 2.43. The van der Waals surface area contributed by atoms with Crippen LogP contribution in [-0.4, -0.2) is 110 Å². The molecule has 6 heterocycles. The highest BCUT2D eigenvalue weighted by molar-refractivity contribution is 6.03. The number of nitrogens with zero attached hydrogens (tertiary/aromatic N) is 9. The molecular weight excluding hydrogens is 632 g/mol. The van der Waals surface area contributed by atoms with Gasteiger partial charge in [-0.15, -0.1) is 0 Å². The SMILES string of the molecule is CC(C)Oc1ccc(-c2n[nH]c3ccc(N4CC[C@]5(CCN(CC(=O)N6CCN(c7ccc(-c8ncn(C)n8)cc7)CC6)C5)C4=O)cc23)cn1. The average Bonchev–Trinajstić information content (AvgIpc) is 3.92. The van der Waals surface area contributed by atoms with Crippen molar-refractivity contribution in [3.8, 4) is 28.5 Å². The summed E-state index contributed by atoms with van der Waals surface area (Å²) in [5.74, 6) is 1.57. The Morgan fingerprint density at radius 2 is 1.68 bits per heavy atom. The van der Waals surface area contributed by atoms with Gasteiger partial charge in [0.05, 0.1) is 23.6 Å². The second kappa shape index (κ2) is 12.9. The maximum Gasteiger partial charge on any atom is 0.236 e. The van der Waals surface area contributed by atoms with Crippen molar-refractivity contribution in [1.29, 1.82) is 0 Å². The summed E-state index contributed by atoms with van der Waals surface area (Å²) in [5.41, 5.74) is 5.08. The molecule has 2 amide bonds. The number of fused-ring (bicyclic) bond motifs is 1. The number of pyridine rings is 1. The molecule has 3 aromatic heterocycles. The molecule has 1 spiro atoms. The fourth-order valence-corrected chi connectivity index (χ4v) is 7.56. The number of amides is 2. The zero-order chi connectivity index (χ0) is 34.4. The van der Waals surface area contributed by atoms with Crippen molar-refractivity contribution in [3.05, 3.63) is 67.1 Å². The Labute approximate surface area is 290 Å². The van der Waals surface area contributed by atoms with Crippen LogP contribution in [0.4, 0.5) is 11.4 Å². The molecule has 0 radical (unpaired) electrons. The van der Waals surface area contributed by atoms with Crippen molar-refractivity contribution in [1.82, 2.24) is 39.7 Å². The van der Waals surface area contributed by atoms with Gasteiger partial charge in [0, 0.05) is 86.5 Å². The number of ether oxygens (including phenoxy) is 1. The van der Waals surface area contributed by atoms with Gasteiger partial charge in [0.2, 0.25) is 17.7 Å². The number of carbonyl (C=O) groups excluding carboxylic acids is 2. The lowest BCUT2D eigenvalue weighted by atomic mass is 9.85. The Bertz CT molecular complexity index is 2010. The molecule has 3 fully saturated rings. The molecule has 3 saturated heterocycles. The van der Waals surface area contributed by atoms with E-state index in [-0.39, 0.29) is 17.9 Å². The summed E-state index contributed by atoms with van der Waals surface area (Å²) in [6, 6.07) is 18.1. The number of hydrogen-bond donors (Lipinski definition) is 1. The Hall–Kier alpha value is -5.30. The molecule has 258 valence electrons. The molecule has 13 heteroatoms. The van der Waals surface area contributed by atoms with E-state index in [9.17, 15) is 9.59 Å². The fraction of sp³-hybridized carbons (Fsp3) is 0.405. The monoisotopic (exact) mass is 674 g/mol. The molecule has 8 rings (SSSR count). The second-order valence-corrected chi connectivity index (χ2v) is 14.0. The lowest BCUT2D eigenvalue weighted by Crippen LogP contribution is -2.51. The molecule has 3 aliphatic heterocycles. The molecule has 1 atom stereocenters. The van der Waals surface area contributed by atoms with Gasteiger partial charge in [-0.05, 0) is 81.8 Å². The number of nitrogens with one attached hydrogen (secondary N) is 1. The van der Waals surface area contributed by atoms with Gasteiger partial charge in [0.25, 0.3) is 0 Å². The molecule has 0 unspecified atom stereocenters. The molecule has 0 saturated carbocycles. The summed E-state index contributed by atoms with van der Waals surface area (Å²) in [7, 11) is 1.86. The van der Waals surface area contributed by atoms with E-state index in [0.29, 0.717) is 44.4 Å². The number of aryl methyl sites for hydroxylation is 1. The first-order chi connectivity index (χ1) is 24.2. The second-order valence-electron chi connectivity index (χ2n) is 14.0. The third-order valence-corrected chi connectivity index (χ3v) is 10.3. The number of hydrogen-bond acceptors (Lipinski definition) is 9. The lowest BCUT2D eigenvalue weighted by molar-refractivity contribution is -0.133. The largest absolute Gasteiger partial charge is 0.475 e. The number of aromatic nitrogens is 6. The molecule has 5 aromatic rings. The topological polar surface area (TPSA) is 129 Å². The number of rotatable bonds is 8. The molecule has 0 aliphatic carbocycles. The maximum absolute atomic E-state index is 14.0. The van der Waals surface area contributed by atoms with Crippen LogP contribution in [0.5, 0.6) is 5.88 Å². The standard InChI is InChI=1S/C37H42N10O3/c1-25(2)50-32-11-6-27(21-38-32)34-30-20-29(9-10-31(30)40-41-34)47-15-13-37(36(47)49)12-14-44(23-37)22-33(48)46-18-16-45(17-19-46)28-7-4-26(5-8-28)35-39-24-43(3)42-35/h4-11,20-21,24-25H,12-19,22-23H2,1-3H3,(H,40,41)/t37-/m0/s1. The van der Waals surface area contributed by atoms with Crippen LogP contribution in [-0.2, 0) is 16.6 Å². The predicted octanol–water partition coefficient (Wildman–Crippen LogP) is 3.99. The highest BCUT2D eigenvalue weighted by atomic mass is 16.5. The van der Waals surface area contributed by atoms with Gasteiger partial charge in [0.15, 0.2) is 5.82 Å². The molecular formula is C37H42N10O3. The van der Waals surface area contributed by atoms with Crippen LogP contribution in [0, 0.1) is 5.41 Å². The van der Waals surface area contributed by atoms with Crippen molar-refractivity contribution in [2.75, 3.05) is 62.2 Å². The first-order valence-corrected chi connectivity index (χ1v) is 17.4. The minimum absolute atomic E-state index is 0.0459. The van der Waals surface area contributed by atoms with Crippen LogP contribution in [0.1, 0.15) is 26.7 Å². The predicted molar refractivity (Wildman–Crippen MR) is 191 cm³/mol. The van der Waals surface area contributed by atoms with Gasteiger partial charge in [-0.3, -0.25) is 24.3 Å². The number of piperazine rings is 1. The zero-order valence-electron chi connectivity index (χ0n) is 28.7. The number of H-pyrrole nitrogens is 1. The molecule has 50 heavy (non-hydrogen) atoms. The van der Waals surface area contributed by atoms with Crippen LogP contribution in [0.25, 0.3) is 33.5 Å². The van der Waals surface area contributed by atoms with Crippen molar-refractivity contribution in [2.24, 2.45) is 12.5 Å². The van der Waals surface area contributed by atoms with Crippen molar-refractivity contribution in [2.45, 2.75) is 32.8 Å². The zero-order valence-corrected chi connectivity index (χ0v) is 28.7. The summed E-state index contributed by atoms with van der Waals surface area (Å²) >= 11 is 0. The first-order valence-electron chi connectivity index (χ1n) is 17.4. The molecule has 2 aromatic carbocycles. The number of likely N-dealkylation sites (tertiary alicyclic amines) is 1. The van der Waals surface area contributed by atoms with Gasteiger partial charge in [-0.25, -0.2) is 9.97 Å². The Balaban J connectivity index is 0.871. The summed E-state index contributed by atoms with van der Waals surface area (Å²) in [4.78, 5) is 44.6. The van der Waals surface area contributed by atoms with Crippen LogP contribution >= 0.6 is 0 Å². The quantitative estimate of drug-likeness (QED) is 0.260. The van der Waals surface area contributed by atoms with Crippen LogP contribution in [0.3, 0.4) is 0 Å². The van der Waals surface area contributed by atoms with Crippen molar-refractivity contribution in [3.63, 3.8) is 0 Å². The van der Waals surface area contributed by atoms with Crippen LogP contribution < -0.4 is 14.5 Å². The van der Waals surface area contributed by atoms with E-state index in [2.05, 4.69) is 47.2 Å². The third-order valence-electron chi connectivity index (χ3n) is 10.3. The Morgan fingerprint density at radius 1 is 0.920 bits per heavy atom. The highest BCUT2D eigenvalue weighted by Gasteiger charge is 2.51. The van der Waals surface area contributed by atoms with Gasteiger partial charge in [-0.2, -0.15) is 10.2 Å². The Morgan fingerprint density at radius 3 is 2.40 bits per heavy atom. The van der Waals surface area contributed by atoms with Gasteiger partial charge in [0.1, 0.15) is 12.0 Å². The summed E-state index contributed by atoms with van der Waals surface area (Å²) in [5, 5.41) is 13.0. The fourth-order valence-electron chi connectivity index (χ4n) is 7.56. The summed E-state index contributed by atoms with van der Waals surface area (Å²) in [6.07, 6.45) is 5.06. The molecule has 3 aliphatic rings. The normalized spacial score (nSPS) is 19.8. The number of carbonyl (C=O) groups is 2. The first kappa shape index (κ1) is 31.9. The van der Waals surface area contributed by atoms with E-state index in [1.165, 1.54) is 0 Å². The van der Waals surface area contributed by atoms with E-state index >= 15 is 0 Å². The maximum atomic E-state index is 14.0. The van der Waals surface area contributed by atoms with Crippen LogP contribution in [0.2, 0.25) is 0 Å². The number of anilines is 2. The van der Waals surface area contributed by atoms with Gasteiger partial charge in [-0.1, -0.05) is 0 Å². The van der Waals surface area contributed by atoms with E-state index in [4.69, 9.17) is 4.74 Å². The minimum Gasteiger partial charge on any atom is -0.475 e. The van der Waals surface area contributed by atoms with E-state index in [0.717, 1.165) is 71.6 Å². The van der Waals surface area contributed by atoms with Gasteiger partial charge >= 0.3 is 0 Å².